The molecule has 0 bridgehead atoms. The van der Waals surface area contributed by atoms with Gasteiger partial charge in [-0.15, -0.1) is 0 Å². The Kier molecular flexibility index (Phi) is 2.87. The molecule has 2 heterocycles. The van der Waals surface area contributed by atoms with Crippen molar-refractivity contribution in [2.24, 2.45) is 0 Å². The summed E-state index contributed by atoms with van der Waals surface area (Å²) in [4.78, 5) is 10.7. The molecule has 0 aliphatic carbocycles. The number of nitrogens with zero attached hydrogens (tertiary/aromatic N) is 2. The van der Waals surface area contributed by atoms with E-state index in [1.807, 2.05) is 43.3 Å². The average Bonchev–Trinajstić information content (AvgIpc) is 2.76. The van der Waals surface area contributed by atoms with E-state index in [2.05, 4.69) is 10.4 Å². The first-order valence-electron chi connectivity index (χ1n) is 6.19. The molecule has 1 amide bonds. The highest BCUT2D eigenvalue weighted by atomic mass is 16.4. The number of carbonyl (C=O) groups is 1. The van der Waals surface area contributed by atoms with Crippen molar-refractivity contribution in [3.05, 3.63) is 54.2 Å². The lowest BCUT2D eigenvalue weighted by Crippen LogP contribution is -2.07. The Bertz CT molecular complexity index is 778. The van der Waals surface area contributed by atoms with Crippen LogP contribution in [-0.2, 0) is 0 Å². The first-order valence-corrected chi connectivity index (χ1v) is 6.19. The number of fused-ring (bicyclic) bond motifs is 1. The van der Waals surface area contributed by atoms with E-state index in [0.29, 0.717) is 5.69 Å². The third-order valence-electron chi connectivity index (χ3n) is 3.17. The normalized spacial score (nSPS) is 10.7. The molecule has 20 heavy (non-hydrogen) atoms. The number of hydrogen-bond donors (Lipinski definition) is 2. The van der Waals surface area contributed by atoms with Gasteiger partial charge in [-0.2, -0.15) is 5.10 Å². The van der Waals surface area contributed by atoms with Gasteiger partial charge >= 0.3 is 6.09 Å². The van der Waals surface area contributed by atoms with Crippen molar-refractivity contribution in [2.75, 3.05) is 5.32 Å². The fourth-order valence-electron chi connectivity index (χ4n) is 2.24. The van der Waals surface area contributed by atoms with Crippen LogP contribution in [0.1, 0.15) is 5.56 Å². The van der Waals surface area contributed by atoms with Gasteiger partial charge < -0.3 is 5.11 Å². The summed E-state index contributed by atoms with van der Waals surface area (Å²) in [6.07, 6.45) is 0.583. The molecule has 5 nitrogen and oxygen atoms in total. The second kappa shape index (κ2) is 4.70. The predicted octanol–water partition coefficient (Wildman–Crippen LogP) is 3.40. The summed E-state index contributed by atoms with van der Waals surface area (Å²) in [6.45, 7) is 2.01. The molecule has 0 aliphatic rings. The predicted molar refractivity (Wildman–Crippen MR) is 77.0 cm³/mol. The summed E-state index contributed by atoms with van der Waals surface area (Å²) in [6, 6.07) is 13.5. The Morgan fingerprint density at radius 1 is 1.20 bits per heavy atom. The molecule has 3 aromatic rings. The van der Waals surface area contributed by atoms with Crippen LogP contribution in [0.3, 0.4) is 0 Å². The number of aromatic nitrogens is 2. The number of nitrogens with one attached hydrogen (secondary N) is 1. The highest BCUT2D eigenvalue weighted by molar-refractivity contribution is 5.83. The first-order chi connectivity index (χ1) is 9.65. The second-order valence-corrected chi connectivity index (χ2v) is 4.52. The zero-order valence-electron chi connectivity index (χ0n) is 10.9. The van der Waals surface area contributed by atoms with Gasteiger partial charge in [0.25, 0.3) is 0 Å². The van der Waals surface area contributed by atoms with Crippen molar-refractivity contribution < 1.29 is 9.90 Å². The quantitative estimate of drug-likeness (QED) is 0.747. The summed E-state index contributed by atoms with van der Waals surface area (Å²) >= 11 is 0. The van der Waals surface area contributed by atoms with Gasteiger partial charge in [0.15, 0.2) is 0 Å². The van der Waals surface area contributed by atoms with Crippen molar-refractivity contribution in [1.82, 2.24) is 9.61 Å². The monoisotopic (exact) mass is 267 g/mol. The zero-order chi connectivity index (χ0) is 14.1. The summed E-state index contributed by atoms with van der Waals surface area (Å²) < 4.78 is 1.70. The van der Waals surface area contributed by atoms with Crippen molar-refractivity contribution in [3.63, 3.8) is 0 Å². The van der Waals surface area contributed by atoms with Gasteiger partial charge in [0.1, 0.15) is 0 Å². The maximum atomic E-state index is 10.7. The van der Waals surface area contributed by atoms with Crippen LogP contribution in [0, 0.1) is 6.92 Å². The van der Waals surface area contributed by atoms with E-state index in [-0.39, 0.29) is 0 Å². The Balaban J connectivity index is 2.12. The number of carboxylic acid groups (broad SMARTS) is 1. The van der Waals surface area contributed by atoms with Crippen LogP contribution in [0.4, 0.5) is 10.5 Å². The Morgan fingerprint density at radius 3 is 2.65 bits per heavy atom. The molecule has 2 N–H and O–H groups in total. The van der Waals surface area contributed by atoms with Gasteiger partial charge in [-0.25, -0.2) is 9.31 Å². The lowest BCUT2D eigenvalue weighted by Gasteiger charge is -2.00. The summed E-state index contributed by atoms with van der Waals surface area (Å²) in [5.74, 6) is 0. The van der Waals surface area contributed by atoms with E-state index in [9.17, 15) is 4.79 Å². The maximum Gasteiger partial charge on any atom is 0.409 e. The molecule has 2 aromatic heterocycles. The third-order valence-corrected chi connectivity index (χ3v) is 3.17. The van der Waals surface area contributed by atoms with Crippen molar-refractivity contribution in [1.29, 1.82) is 0 Å². The van der Waals surface area contributed by atoms with Gasteiger partial charge in [0.05, 0.1) is 23.1 Å². The van der Waals surface area contributed by atoms with Crippen LogP contribution < -0.4 is 5.32 Å². The second-order valence-electron chi connectivity index (χ2n) is 4.52. The fourth-order valence-corrected chi connectivity index (χ4v) is 2.24. The van der Waals surface area contributed by atoms with Gasteiger partial charge in [-0.05, 0) is 19.1 Å². The lowest BCUT2D eigenvalue weighted by molar-refractivity contribution is 0.209. The van der Waals surface area contributed by atoms with Crippen LogP contribution in [0.5, 0.6) is 0 Å². The first kappa shape index (κ1) is 12.2. The van der Waals surface area contributed by atoms with Gasteiger partial charge in [-0.1, -0.05) is 30.3 Å². The van der Waals surface area contributed by atoms with Crippen LogP contribution >= 0.6 is 0 Å². The molecular formula is C15H13N3O2. The van der Waals surface area contributed by atoms with E-state index in [1.54, 1.807) is 16.8 Å². The molecule has 0 spiro atoms. The van der Waals surface area contributed by atoms with E-state index in [0.717, 1.165) is 22.3 Å². The highest BCUT2D eigenvalue weighted by Gasteiger charge is 2.11. The van der Waals surface area contributed by atoms with E-state index >= 15 is 0 Å². The molecule has 0 radical (unpaired) electrons. The van der Waals surface area contributed by atoms with Crippen LogP contribution in [0.25, 0.3) is 16.8 Å². The molecule has 5 heteroatoms. The molecule has 0 saturated carbocycles. The Morgan fingerprint density at radius 2 is 1.95 bits per heavy atom. The number of benzene rings is 1. The molecule has 100 valence electrons. The molecule has 0 saturated heterocycles. The average molecular weight is 267 g/mol. The zero-order valence-corrected chi connectivity index (χ0v) is 10.9. The minimum atomic E-state index is -1.09. The summed E-state index contributed by atoms with van der Waals surface area (Å²) in [5, 5.41) is 15.6. The molecule has 0 atom stereocenters. The number of amides is 1. The Labute approximate surface area is 115 Å². The molecule has 1 aromatic carbocycles. The van der Waals surface area contributed by atoms with Gasteiger partial charge in [0, 0.05) is 11.1 Å². The molecule has 0 fully saturated rings. The van der Waals surface area contributed by atoms with Crippen LogP contribution in [0.15, 0.2) is 48.7 Å². The lowest BCUT2D eigenvalue weighted by atomic mass is 10.1. The SMILES string of the molecule is Cc1c(-c2ccccc2)nn2cc(NC(=O)O)ccc12. The van der Waals surface area contributed by atoms with Crippen molar-refractivity contribution in [2.45, 2.75) is 6.92 Å². The minimum absolute atomic E-state index is 0.493. The van der Waals surface area contributed by atoms with E-state index < -0.39 is 6.09 Å². The number of anilines is 1. The highest BCUT2D eigenvalue weighted by Crippen LogP contribution is 2.26. The number of aryl methyl sites for hydroxylation is 1. The standard InChI is InChI=1S/C15H13N3O2/c1-10-13-8-7-12(16-15(19)20)9-18(13)17-14(10)11-5-3-2-4-6-11/h2-9,16H,1H3,(H,19,20). The van der Waals surface area contributed by atoms with Crippen molar-refractivity contribution in [3.8, 4) is 11.3 Å². The van der Waals surface area contributed by atoms with Crippen molar-refractivity contribution >= 4 is 17.3 Å². The van der Waals surface area contributed by atoms with Crippen LogP contribution in [-0.4, -0.2) is 20.8 Å². The summed E-state index contributed by atoms with van der Waals surface area (Å²) in [7, 11) is 0. The maximum absolute atomic E-state index is 10.7. The number of hydrogen-bond acceptors (Lipinski definition) is 2. The minimum Gasteiger partial charge on any atom is -0.465 e. The third kappa shape index (κ3) is 2.09. The molecule has 3 rings (SSSR count). The van der Waals surface area contributed by atoms with E-state index in [1.165, 1.54) is 0 Å². The summed E-state index contributed by atoms with van der Waals surface area (Å²) in [5.41, 5.74) is 4.46. The van der Waals surface area contributed by atoms with Gasteiger partial charge in [0.2, 0.25) is 0 Å². The molecule has 0 unspecified atom stereocenters. The largest absolute Gasteiger partial charge is 0.465 e. The van der Waals surface area contributed by atoms with E-state index in [4.69, 9.17) is 5.11 Å². The van der Waals surface area contributed by atoms with Gasteiger partial charge in [-0.3, -0.25) is 5.32 Å². The number of pyridine rings is 1. The molecule has 0 aliphatic heterocycles. The number of rotatable bonds is 2. The smallest absolute Gasteiger partial charge is 0.409 e. The fraction of sp³-hybridized carbons (Fsp3) is 0.0667. The Hall–Kier alpha value is -2.82. The topological polar surface area (TPSA) is 66.6 Å². The van der Waals surface area contributed by atoms with Crippen LogP contribution in [0.2, 0.25) is 0 Å². The molecular weight excluding hydrogens is 254 g/mol.